The number of nitriles is 1. The van der Waals surface area contributed by atoms with E-state index < -0.39 is 0 Å². The lowest BCUT2D eigenvalue weighted by Gasteiger charge is -2.11. The Kier molecular flexibility index (Phi) is 7.25. The van der Waals surface area contributed by atoms with Crippen LogP contribution in [0, 0.1) is 14.9 Å². The molecule has 3 aromatic carbocycles. The Bertz CT molecular complexity index is 1050. The van der Waals surface area contributed by atoms with Gasteiger partial charge < -0.3 is 4.74 Å². The Morgan fingerprint density at radius 1 is 0.964 bits per heavy atom. The Morgan fingerprint density at radius 2 is 1.61 bits per heavy atom. The van der Waals surface area contributed by atoms with Crippen LogP contribution in [-0.2, 0) is 6.61 Å². The van der Waals surface area contributed by atoms with Crippen molar-refractivity contribution >= 4 is 69.0 Å². The maximum Gasteiger partial charge on any atom is 0.157 e. The molecule has 0 aliphatic rings. The predicted octanol–water partition coefficient (Wildman–Crippen LogP) is 7.89. The summed E-state index contributed by atoms with van der Waals surface area (Å²) in [6.07, 6.45) is 1.70. The van der Waals surface area contributed by atoms with Gasteiger partial charge in [-0.1, -0.05) is 65.1 Å². The van der Waals surface area contributed by atoms with Crippen LogP contribution in [0.15, 0.2) is 60.7 Å². The van der Waals surface area contributed by atoms with Gasteiger partial charge in [-0.15, -0.1) is 0 Å². The summed E-state index contributed by atoms with van der Waals surface area (Å²) in [5.41, 5.74) is 2.78. The molecule has 0 aliphatic carbocycles. The summed E-state index contributed by atoms with van der Waals surface area (Å²) in [7, 11) is 0. The van der Waals surface area contributed by atoms with Crippen molar-refractivity contribution in [1.82, 2.24) is 0 Å². The lowest BCUT2D eigenvalue weighted by atomic mass is 10.0. The molecule has 2 nitrogen and oxygen atoms in total. The first-order chi connectivity index (χ1) is 13.5. The number of halogens is 4. The zero-order valence-electron chi connectivity index (χ0n) is 14.4. The van der Waals surface area contributed by atoms with Crippen molar-refractivity contribution in [3.05, 3.63) is 96.0 Å². The van der Waals surface area contributed by atoms with Crippen LogP contribution in [0.5, 0.6) is 5.75 Å². The van der Waals surface area contributed by atoms with Gasteiger partial charge in [-0.05, 0) is 70.1 Å². The fraction of sp³-hybridized carbons (Fsp3) is 0.0455. The molecule has 3 rings (SSSR count). The maximum atomic E-state index is 9.52. The Morgan fingerprint density at radius 3 is 2.21 bits per heavy atom. The van der Waals surface area contributed by atoms with Crippen molar-refractivity contribution in [2.75, 3.05) is 0 Å². The minimum atomic E-state index is 0.356. The van der Waals surface area contributed by atoms with E-state index in [1.54, 1.807) is 30.3 Å². The molecule has 0 atom stereocenters. The summed E-state index contributed by atoms with van der Waals surface area (Å²) < 4.78 is 6.96. The first-order valence-corrected chi connectivity index (χ1v) is 10.4. The molecule has 0 fully saturated rings. The van der Waals surface area contributed by atoms with Gasteiger partial charge in [0.15, 0.2) is 5.75 Å². The maximum absolute atomic E-state index is 9.52. The second-order valence-electron chi connectivity index (χ2n) is 5.88. The summed E-state index contributed by atoms with van der Waals surface area (Å²) in [6.45, 7) is 0.356. The average molecular weight is 541 g/mol. The SMILES string of the molecule is N#CC(=Cc1cc(Cl)c(OCc2ccc(I)cc2)c(Cl)c1)c1ccccc1Cl. The largest absolute Gasteiger partial charge is 0.486 e. The van der Waals surface area contributed by atoms with Gasteiger partial charge in [0.1, 0.15) is 6.61 Å². The van der Waals surface area contributed by atoms with E-state index in [0.717, 1.165) is 9.13 Å². The number of hydrogen-bond acceptors (Lipinski definition) is 2. The summed E-state index contributed by atoms with van der Waals surface area (Å²) in [6, 6.07) is 20.8. The molecule has 0 radical (unpaired) electrons. The Labute approximate surface area is 192 Å². The van der Waals surface area contributed by atoms with Crippen LogP contribution in [0.2, 0.25) is 15.1 Å². The summed E-state index contributed by atoms with van der Waals surface area (Å²) in [5.74, 6) is 0.412. The highest BCUT2D eigenvalue weighted by Gasteiger charge is 2.11. The van der Waals surface area contributed by atoms with Crippen LogP contribution in [0.3, 0.4) is 0 Å². The highest BCUT2D eigenvalue weighted by molar-refractivity contribution is 14.1. The van der Waals surface area contributed by atoms with E-state index in [0.29, 0.717) is 44.1 Å². The molecule has 0 saturated heterocycles. The zero-order chi connectivity index (χ0) is 20.1. The lowest BCUT2D eigenvalue weighted by molar-refractivity contribution is 0.306. The van der Waals surface area contributed by atoms with Crippen LogP contribution < -0.4 is 4.74 Å². The highest BCUT2D eigenvalue weighted by atomic mass is 127. The number of benzene rings is 3. The standard InChI is InChI=1S/C22H13Cl3INO/c23-19-4-2-1-3-18(19)16(12-27)9-15-10-20(24)22(21(25)11-15)28-13-14-5-7-17(26)8-6-14/h1-11H,13H2. The molecule has 0 saturated carbocycles. The highest BCUT2D eigenvalue weighted by Crippen LogP contribution is 2.36. The van der Waals surface area contributed by atoms with E-state index in [1.807, 2.05) is 36.4 Å². The fourth-order valence-corrected chi connectivity index (χ4v) is 3.76. The van der Waals surface area contributed by atoms with E-state index in [-0.39, 0.29) is 0 Å². The van der Waals surface area contributed by atoms with Crippen molar-refractivity contribution < 1.29 is 4.74 Å². The van der Waals surface area contributed by atoms with Crippen LogP contribution in [-0.4, -0.2) is 0 Å². The van der Waals surface area contributed by atoms with Gasteiger partial charge in [-0.2, -0.15) is 5.26 Å². The van der Waals surface area contributed by atoms with Gasteiger partial charge in [0, 0.05) is 14.2 Å². The number of nitrogens with zero attached hydrogens (tertiary/aromatic N) is 1. The van der Waals surface area contributed by atoms with E-state index in [9.17, 15) is 5.26 Å². The molecular weight excluding hydrogens is 528 g/mol. The molecule has 0 amide bonds. The van der Waals surface area contributed by atoms with E-state index in [4.69, 9.17) is 39.5 Å². The number of allylic oxidation sites excluding steroid dienone is 1. The molecule has 0 bridgehead atoms. The van der Waals surface area contributed by atoms with Crippen LogP contribution in [0.1, 0.15) is 16.7 Å². The monoisotopic (exact) mass is 539 g/mol. The molecule has 0 aliphatic heterocycles. The van der Waals surface area contributed by atoms with Crippen molar-refractivity contribution in [1.29, 1.82) is 5.26 Å². The molecule has 6 heteroatoms. The van der Waals surface area contributed by atoms with Gasteiger partial charge >= 0.3 is 0 Å². The van der Waals surface area contributed by atoms with Gasteiger partial charge in [-0.3, -0.25) is 0 Å². The molecule has 0 aromatic heterocycles. The third-order valence-electron chi connectivity index (χ3n) is 3.91. The zero-order valence-corrected chi connectivity index (χ0v) is 18.9. The van der Waals surface area contributed by atoms with Crippen LogP contribution >= 0.6 is 57.4 Å². The molecular formula is C22H13Cl3INO. The number of ether oxygens (including phenoxy) is 1. The molecule has 0 unspecified atom stereocenters. The third-order valence-corrected chi connectivity index (χ3v) is 5.52. The normalized spacial score (nSPS) is 11.2. The molecule has 0 spiro atoms. The Hall–Kier alpha value is -1.71. The molecule has 3 aromatic rings. The van der Waals surface area contributed by atoms with Crippen LogP contribution in [0.4, 0.5) is 0 Å². The second-order valence-corrected chi connectivity index (χ2v) is 8.35. The molecule has 0 N–H and O–H groups in total. The smallest absolute Gasteiger partial charge is 0.157 e. The number of hydrogen-bond donors (Lipinski definition) is 0. The summed E-state index contributed by atoms with van der Waals surface area (Å²) in [4.78, 5) is 0. The predicted molar refractivity (Wildman–Crippen MR) is 125 cm³/mol. The topological polar surface area (TPSA) is 33.0 Å². The van der Waals surface area contributed by atoms with Gasteiger partial charge in [0.2, 0.25) is 0 Å². The van der Waals surface area contributed by atoms with Gasteiger partial charge in [0.05, 0.1) is 21.7 Å². The average Bonchev–Trinajstić information content (AvgIpc) is 2.67. The fourth-order valence-electron chi connectivity index (χ4n) is 2.55. The minimum absolute atomic E-state index is 0.356. The van der Waals surface area contributed by atoms with Crippen molar-refractivity contribution in [3.8, 4) is 11.8 Å². The molecule has 0 heterocycles. The minimum Gasteiger partial charge on any atom is -0.486 e. The van der Waals surface area contributed by atoms with Crippen molar-refractivity contribution in [3.63, 3.8) is 0 Å². The molecule has 140 valence electrons. The number of rotatable bonds is 5. The van der Waals surface area contributed by atoms with E-state index in [2.05, 4.69) is 28.7 Å². The first-order valence-electron chi connectivity index (χ1n) is 8.21. The van der Waals surface area contributed by atoms with E-state index >= 15 is 0 Å². The molecule has 28 heavy (non-hydrogen) atoms. The van der Waals surface area contributed by atoms with Gasteiger partial charge in [-0.25, -0.2) is 0 Å². The van der Waals surface area contributed by atoms with Gasteiger partial charge in [0.25, 0.3) is 0 Å². The van der Waals surface area contributed by atoms with Crippen LogP contribution in [0.25, 0.3) is 11.6 Å². The van der Waals surface area contributed by atoms with Crippen molar-refractivity contribution in [2.45, 2.75) is 6.61 Å². The Balaban J connectivity index is 1.86. The quantitative estimate of drug-likeness (QED) is 0.187. The first kappa shape index (κ1) is 21.0. The lowest BCUT2D eigenvalue weighted by Crippen LogP contribution is -1.97. The summed E-state index contributed by atoms with van der Waals surface area (Å²) in [5, 5.41) is 10.8. The van der Waals surface area contributed by atoms with Crippen molar-refractivity contribution in [2.24, 2.45) is 0 Å². The third kappa shape index (κ3) is 5.21. The van der Waals surface area contributed by atoms with E-state index in [1.165, 1.54) is 0 Å². The summed E-state index contributed by atoms with van der Waals surface area (Å²) >= 11 is 21.2. The second kappa shape index (κ2) is 9.67.